The molecule has 0 radical (unpaired) electrons. The first kappa shape index (κ1) is 10.5. The average Bonchev–Trinajstić information content (AvgIpc) is 2.33. The molecule has 0 aliphatic rings. The maximum absolute atomic E-state index is 13.7. The lowest BCUT2D eigenvalue weighted by atomic mass is 10.1. The molecule has 3 nitrogen and oxygen atoms in total. The maximum Gasteiger partial charge on any atom is 0.166 e. The Kier molecular flexibility index (Phi) is 2.80. The summed E-state index contributed by atoms with van der Waals surface area (Å²) in [4.78, 5) is 7.75. The van der Waals surface area contributed by atoms with Crippen LogP contribution in [0.3, 0.4) is 0 Å². The summed E-state index contributed by atoms with van der Waals surface area (Å²) in [7, 11) is 0. The van der Waals surface area contributed by atoms with Gasteiger partial charge in [0.1, 0.15) is 11.8 Å². The van der Waals surface area contributed by atoms with Crippen molar-refractivity contribution >= 4 is 11.6 Å². The quantitative estimate of drug-likeness (QED) is 0.761. The molecule has 2 aromatic rings. The van der Waals surface area contributed by atoms with Gasteiger partial charge in [-0.25, -0.2) is 9.37 Å². The summed E-state index contributed by atoms with van der Waals surface area (Å²) in [6.45, 7) is 0. The molecule has 0 aliphatic carbocycles. The lowest BCUT2D eigenvalue weighted by Crippen LogP contribution is -1.94. The number of hydrogen-bond donors (Lipinski definition) is 0. The van der Waals surface area contributed by atoms with Crippen LogP contribution in [0.1, 0.15) is 5.69 Å². The first-order valence-corrected chi connectivity index (χ1v) is 4.77. The number of halogens is 2. The van der Waals surface area contributed by atoms with Gasteiger partial charge in [-0.3, -0.25) is 4.98 Å². The van der Waals surface area contributed by atoms with Crippen molar-refractivity contribution in [3.63, 3.8) is 0 Å². The summed E-state index contributed by atoms with van der Waals surface area (Å²) in [5.74, 6) is -0.596. The highest BCUT2D eigenvalue weighted by atomic mass is 35.5. The summed E-state index contributed by atoms with van der Waals surface area (Å²) in [5.41, 5.74) is 0.450. The normalized spacial score (nSPS) is 9.81. The molecule has 0 fully saturated rings. The molecule has 0 spiro atoms. The van der Waals surface area contributed by atoms with E-state index in [0.717, 1.165) is 0 Å². The lowest BCUT2D eigenvalue weighted by molar-refractivity contribution is 0.631. The van der Waals surface area contributed by atoms with Crippen LogP contribution in [0.5, 0.6) is 0 Å². The molecule has 0 unspecified atom stereocenters. The molecule has 0 saturated carbocycles. The van der Waals surface area contributed by atoms with Gasteiger partial charge in [-0.15, -0.1) is 0 Å². The van der Waals surface area contributed by atoms with Crippen molar-refractivity contribution in [2.24, 2.45) is 0 Å². The maximum atomic E-state index is 13.7. The molecule has 0 bridgehead atoms. The SMILES string of the molecule is N#Cc1nccnc1-c1cccc(Cl)c1F. The van der Waals surface area contributed by atoms with Gasteiger partial charge in [0.25, 0.3) is 0 Å². The van der Waals surface area contributed by atoms with Crippen LogP contribution < -0.4 is 0 Å². The molecule has 78 valence electrons. The standard InChI is InChI=1S/C11H5ClFN3/c12-8-3-1-2-7(10(8)13)11-9(6-14)15-4-5-16-11/h1-5H. The fraction of sp³-hybridized carbons (Fsp3) is 0. The lowest BCUT2D eigenvalue weighted by Gasteiger charge is -2.04. The largest absolute Gasteiger partial charge is 0.251 e. The average molecular weight is 234 g/mol. The van der Waals surface area contributed by atoms with E-state index in [1.54, 1.807) is 6.07 Å². The molecular formula is C11H5ClFN3. The van der Waals surface area contributed by atoms with Gasteiger partial charge in [-0.05, 0) is 12.1 Å². The number of rotatable bonds is 1. The van der Waals surface area contributed by atoms with Gasteiger partial charge in [0.05, 0.1) is 5.02 Å². The minimum Gasteiger partial charge on any atom is -0.251 e. The van der Waals surface area contributed by atoms with Crippen LogP contribution >= 0.6 is 11.6 Å². The van der Waals surface area contributed by atoms with Crippen LogP contribution in [-0.4, -0.2) is 9.97 Å². The smallest absolute Gasteiger partial charge is 0.166 e. The van der Waals surface area contributed by atoms with E-state index in [1.165, 1.54) is 24.5 Å². The monoisotopic (exact) mass is 233 g/mol. The zero-order valence-electron chi connectivity index (χ0n) is 7.98. The van der Waals surface area contributed by atoms with Gasteiger partial charge in [-0.2, -0.15) is 5.26 Å². The second kappa shape index (κ2) is 4.25. The van der Waals surface area contributed by atoms with Crippen molar-refractivity contribution in [2.75, 3.05) is 0 Å². The molecule has 5 heteroatoms. The second-order valence-corrected chi connectivity index (χ2v) is 3.37. The van der Waals surface area contributed by atoms with Crippen molar-refractivity contribution < 1.29 is 4.39 Å². The topological polar surface area (TPSA) is 49.6 Å². The fourth-order valence-corrected chi connectivity index (χ4v) is 1.48. The summed E-state index contributed by atoms with van der Waals surface area (Å²) >= 11 is 5.65. The molecular weight excluding hydrogens is 229 g/mol. The Bertz CT molecular complexity index is 578. The van der Waals surface area contributed by atoms with Crippen LogP contribution in [0.2, 0.25) is 5.02 Å². The molecule has 16 heavy (non-hydrogen) atoms. The molecule has 1 aromatic carbocycles. The van der Waals surface area contributed by atoms with E-state index in [4.69, 9.17) is 16.9 Å². The van der Waals surface area contributed by atoms with Gasteiger partial charge in [0, 0.05) is 18.0 Å². The van der Waals surface area contributed by atoms with Crippen LogP contribution in [0, 0.1) is 17.1 Å². The third-order valence-corrected chi connectivity index (χ3v) is 2.30. The van der Waals surface area contributed by atoms with Gasteiger partial charge in [-0.1, -0.05) is 17.7 Å². The minimum atomic E-state index is -0.596. The van der Waals surface area contributed by atoms with Crippen LogP contribution in [0.15, 0.2) is 30.6 Å². The highest BCUT2D eigenvalue weighted by molar-refractivity contribution is 6.31. The van der Waals surface area contributed by atoms with E-state index in [0.29, 0.717) is 0 Å². The number of benzene rings is 1. The molecule has 1 heterocycles. The van der Waals surface area contributed by atoms with Crippen molar-refractivity contribution in [3.05, 3.63) is 47.1 Å². The third-order valence-electron chi connectivity index (χ3n) is 2.01. The van der Waals surface area contributed by atoms with Crippen molar-refractivity contribution in [1.29, 1.82) is 5.26 Å². The van der Waals surface area contributed by atoms with Crippen LogP contribution in [0.4, 0.5) is 4.39 Å². The second-order valence-electron chi connectivity index (χ2n) is 2.97. The van der Waals surface area contributed by atoms with Crippen LogP contribution in [-0.2, 0) is 0 Å². The Hall–Kier alpha value is -1.99. The van der Waals surface area contributed by atoms with E-state index < -0.39 is 5.82 Å². The van der Waals surface area contributed by atoms with Crippen LogP contribution in [0.25, 0.3) is 11.3 Å². The Morgan fingerprint density at radius 2 is 2.00 bits per heavy atom. The van der Waals surface area contributed by atoms with Gasteiger partial charge >= 0.3 is 0 Å². The van der Waals surface area contributed by atoms with E-state index in [2.05, 4.69) is 9.97 Å². The minimum absolute atomic E-state index is 0.00737. The zero-order chi connectivity index (χ0) is 11.5. The number of aromatic nitrogens is 2. The first-order chi connectivity index (χ1) is 7.74. The van der Waals surface area contributed by atoms with Gasteiger partial charge in [0.15, 0.2) is 11.5 Å². The van der Waals surface area contributed by atoms with Crippen molar-refractivity contribution in [3.8, 4) is 17.3 Å². The molecule has 0 N–H and O–H groups in total. The van der Waals surface area contributed by atoms with E-state index >= 15 is 0 Å². The van der Waals surface area contributed by atoms with Gasteiger partial charge < -0.3 is 0 Å². The van der Waals surface area contributed by atoms with Crippen molar-refractivity contribution in [2.45, 2.75) is 0 Å². The number of nitriles is 1. The van der Waals surface area contributed by atoms with Gasteiger partial charge in [0.2, 0.25) is 0 Å². The zero-order valence-corrected chi connectivity index (χ0v) is 8.74. The Morgan fingerprint density at radius 3 is 2.75 bits per heavy atom. The fourth-order valence-electron chi connectivity index (χ4n) is 1.30. The summed E-state index contributed by atoms with van der Waals surface area (Å²) in [6.07, 6.45) is 2.78. The summed E-state index contributed by atoms with van der Waals surface area (Å²) in [6, 6.07) is 6.39. The predicted octanol–water partition coefficient (Wildman–Crippen LogP) is 2.81. The first-order valence-electron chi connectivity index (χ1n) is 4.39. The number of nitrogens with zero attached hydrogens (tertiary/aromatic N) is 3. The Balaban J connectivity index is 2.69. The highest BCUT2D eigenvalue weighted by Crippen LogP contribution is 2.27. The molecule has 1 aromatic heterocycles. The van der Waals surface area contributed by atoms with E-state index in [9.17, 15) is 4.39 Å². The molecule has 0 saturated heterocycles. The molecule has 0 amide bonds. The highest BCUT2D eigenvalue weighted by Gasteiger charge is 2.13. The Morgan fingerprint density at radius 1 is 1.25 bits per heavy atom. The molecule has 2 rings (SSSR count). The van der Waals surface area contributed by atoms with E-state index in [-0.39, 0.29) is 22.0 Å². The molecule has 0 aliphatic heterocycles. The Labute approximate surface area is 96.2 Å². The number of hydrogen-bond acceptors (Lipinski definition) is 3. The predicted molar refractivity (Wildman–Crippen MR) is 57.2 cm³/mol. The molecule has 0 atom stereocenters. The third kappa shape index (κ3) is 1.73. The van der Waals surface area contributed by atoms with Crippen molar-refractivity contribution in [1.82, 2.24) is 9.97 Å². The summed E-state index contributed by atoms with van der Waals surface area (Å²) < 4.78 is 13.7. The van der Waals surface area contributed by atoms with E-state index in [1.807, 2.05) is 6.07 Å². The summed E-state index contributed by atoms with van der Waals surface area (Å²) in [5, 5.41) is 8.82.